The third-order valence-electron chi connectivity index (χ3n) is 4.54. The fraction of sp³-hybridized carbons (Fsp3) is 0.235. The van der Waals surface area contributed by atoms with Gasteiger partial charge < -0.3 is 4.57 Å². The summed E-state index contributed by atoms with van der Waals surface area (Å²) in [5.74, 6) is 0.308. The van der Waals surface area contributed by atoms with E-state index in [1.54, 1.807) is 0 Å². The molecule has 0 amide bonds. The van der Waals surface area contributed by atoms with Gasteiger partial charge in [-0.3, -0.25) is 4.79 Å². The SMILES string of the molecule is CC1C(=O)c2cccc3c4ccccc4n(c23)C1C. The van der Waals surface area contributed by atoms with Crippen molar-refractivity contribution in [2.45, 2.75) is 19.9 Å². The van der Waals surface area contributed by atoms with Gasteiger partial charge in [-0.05, 0) is 19.1 Å². The molecule has 1 aliphatic heterocycles. The normalized spacial score (nSPS) is 22.3. The topological polar surface area (TPSA) is 22.0 Å². The monoisotopic (exact) mass is 249 g/mol. The predicted molar refractivity (Wildman–Crippen MR) is 77.6 cm³/mol. The van der Waals surface area contributed by atoms with Gasteiger partial charge >= 0.3 is 0 Å². The predicted octanol–water partition coefficient (Wildman–Crippen LogP) is 4.19. The van der Waals surface area contributed by atoms with Gasteiger partial charge in [-0.1, -0.05) is 37.3 Å². The Morgan fingerprint density at radius 2 is 1.68 bits per heavy atom. The number of hydrogen-bond acceptors (Lipinski definition) is 1. The highest BCUT2D eigenvalue weighted by Crippen LogP contribution is 2.40. The third kappa shape index (κ3) is 1.19. The number of hydrogen-bond donors (Lipinski definition) is 0. The molecule has 2 aromatic carbocycles. The summed E-state index contributed by atoms with van der Waals surface area (Å²) in [4.78, 5) is 12.5. The number of fused-ring (bicyclic) bond motifs is 3. The first-order chi connectivity index (χ1) is 9.20. The van der Waals surface area contributed by atoms with E-state index < -0.39 is 0 Å². The first kappa shape index (κ1) is 10.8. The molecule has 0 saturated carbocycles. The van der Waals surface area contributed by atoms with Crippen molar-refractivity contribution in [3.8, 4) is 0 Å². The van der Waals surface area contributed by atoms with E-state index >= 15 is 0 Å². The highest BCUT2D eigenvalue weighted by molar-refractivity contribution is 6.18. The maximum Gasteiger partial charge on any atom is 0.169 e. The second kappa shape index (κ2) is 3.47. The summed E-state index contributed by atoms with van der Waals surface area (Å²) in [6.07, 6.45) is 0. The van der Waals surface area contributed by atoms with Crippen molar-refractivity contribution in [2.75, 3.05) is 0 Å². The number of benzene rings is 2. The zero-order valence-corrected chi connectivity index (χ0v) is 11.1. The summed E-state index contributed by atoms with van der Waals surface area (Å²) in [6.45, 7) is 4.17. The van der Waals surface area contributed by atoms with Gasteiger partial charge in [-0.15, -0.1) is 0 Å². The average molecular weight is 249 g/mol. The van der Waals surface area contributed by atoms with E-state index in [9.17, 15) is 4.79 Å². The standard InChI is InChI=1S/C17H15NO/c1-10-11(2)18-15-9-4-3-6-12(15)13-7-5-8-14(16(13)18)17(10)19/h3-11H,1-2H3. The Hall–Kier alpha value is -2.09. The van der Waals surface area contributed by atoms with Crippen molar-refractivity contribution >= 4 is 27.6 Å². The molecule has 1 aliphatic rings. The summed E-state index contributed by atoms with van der Waals surface area (Å²) >= 11 is 0. The third-order valence-corrected chi connectivity index (χ3v) is 4.54. The smallest absolute Gasteiger partial charge is 0.169 e. The van der Waals surface area contributed by atoms with E-state index in [0.29, 0.717) is 0 Å². The minimum absolute atomic E-state index is 0.0360. The zero-order valence-electron chi connectivity index (χ0n) is 11.1. The lowest BCUT2D eigenvalue weighted by Crippen LogP contribution is -2.27. The summed E-state index contributed by atoms with van der Waals surface area (Å²) in [5.41, 5.74) is 3.22. The van der Waals surface area contributed by atoms with Crippen LogP contribution >= 0.6 is 0 Å². The molecular formula is C17H15NO. The second-order valence-electron chi connectivity index (χ2n) is 5.48. The Bertz CT molecular complexity index is 828. The Morgan fingerprint density at radius 1 is 0.947 bits per heavy atom. The van der Waals surface area contributed by atoms with E-state index in [4.69, 9.17) is 0 Å². The van der Waals surface area contributed by atoms with Crippen molar-refractivity contribution in [3.63, 3.8) is 0 Å². The van der Waals surface area contributed by atoms with E-state index in [1.165, 1.54) is 16.3 Å². The molecule has 0 radical (unpaired) electrons. The molecule has 2 atom stereocenters. The molecule has 2 heteroatoms. The maximum atomic E-state index is 12.5. The second-order valence-corrected chi connectivity index (χ2v) is 5.48. The summed E-state index contributed by atoms with van der Waals surface area (Å²) in [5, 5.41) is 2.44. The first-order valence-electron chi connectivity index (χ1n) is 6.76. The molecule has 94 valence electrons. The van der Waals surface area contributed by atoms with Crippen molar-refractivity contribution in [1.29, 1.82) is 0 Å². The highest BCUT2D eigenvalue weighted by atomic mass is 16.1. The van der Waals surface area contributed by atoms with Crippen LogP contribution in [0.1, 0.15) is 30.2 Å². The molecule has 2 unspecified atom stereocenters. The molecular weight excluding hydrogens is 234 g/mol. The summed E-state index contributed by atoms with van der Waals surface area (Å²) < 4.78 is 2.34. The minimum atomic E-state index is 0.0360. The number of carbonyl (C=O) groups is 1. The fourth-order valence-corrected chi connectivity index (χ4v) is 3.36. The van der Waals surface area contributed by atoms with Crippen LogP contribution < -0.4 is 0 Å². The van der Waals surface area contributed by atoms with Gasteiger partial charge in [0, 0.05) is 33.8 Å². The van der Waals surface area contributed by atoms with Gasteiger partial charge in [0.2, 0.25) is 0 Å². The van der Waals surface area contributed by atoms with E-state index in [2.05, 4.69) is 41.8 Å². The molecule has 2 nitrogen and oxygen atoms in total. The van der Waals surface area contributed by atoms with Crippen molar-refractivity contribution < 1.29 is 4.79 Å². The number of carbonyl (C=O) groups excluding carboxylic acids is 1. The average Bonchev–Trinajstić information content (AvgIpc) is 2.78. The van der Waals surface area contributed by atoms with E-state index in [-0.39, 0.29) is 17.7 Å². The zero-order chi connectivity index (χ0) is 13.1. The number of aromatic nitrogens is 1. The van der Waals surface area contributed by atoms with Crippen LogP contribution in [0.3, 0.4) is 0 Å². The Balaban J connectivity index is 2.32. The van der Waals surface area contributed by atoms with Crippen LogP contribution in [-0.4, -0.2) is 10.4 Å². The van der Waals surface area contributed by atoms with Crippen molar-refractivity contribution in [3.05, 3.63) is 48.0 Å². The molecule has 1 aromatic heterocycles. The molecule has 0 saturated heterocycles. The lowest BCUT2D eigenvalue weighted by molar-refractivity contribution is 0.0891. The quantitative estimate of drug-likeness (QED) is 0.585. The van der Waals surface area contributed by atoms with Crippen LogP contribution in [0, 0.1) is 5.92 Å². The van der Waals surface area contributed by atoms with Crippen molar-refractivity contribution in [1.82, 2.24) is 4.57 Å². The van der Waals surface area contributed by atoms with Gasteiger partial charge in [-0.25, -0.2) is 0 Å². The van der Waals surface area contributed by atoms with Crippen LogP contribution in [-0.2, 0) is 0 Å². The molecule has 4 rings (SSSR count). The lowest BCUT2D eigenvalue weighted by atomic mass is 9.89. The van der Waals surface area contributed by atoms with Gasteiger partial charge in [0.25, 0.3) is 0 Å². The number of ketones is 1. The van der Waals surface area contributed by atoms with Crippen LogP contribution in [0.5, 0.6) is 0 Å². The summed E-state index contributed by atoms with van der Waals surface area (Å²) in [7, 11) is 0. The largest absolute Gasteiger partial charge is 0.336 e. The molecule has 0 aliphatic carbocycles. The first-order valence-corrected chi connectivity index (χ1v) is 6.76. The molecule has 19 heavy (non-hydrogen) atoms. The van der Waals surface area contributed by atoms with E-state index in [0.717, 1.165) is 11.1 Å². The van der Waals surface area contributed by atoms with Crippen LogP contribution in [0.4, 0.5) is 0 Å². The Kier molecular flexibility index (Phi) is 1.97. The van der Waals surface area contributed by atoms with Gasteiger partial charge in [0.05, 0.1) is 5.52 Å². The number of Topliss-reactive ketones (excluding diaryl/α,β-unsaturated/α-hetero) is 1. The van der Waals surface area contributed by atoms with Crippen molar-refractivity contribution in [2.24, 2.45) is 5.92 Å². The van der Waals surface area contributed by atoms with Crippen LogP contribution in [0.2, 0.25) is 0 Å². The number of para-hydroxylation sites is 2. The van der Waals surface area contributed by atoms with Gasteiger partial charge in [0.1, 0.15) is 0 Å². The number of rotatable bonds is 0. The molecule has 3 aromatic rings. The Morgan fingerprint density at radius 3 is 2.53 bits per heavy atom. The van der Waals surface area contributed by atoms with Crippen LogP contribution in [0.15, 0.2) is 42.5 Å². The highest BCUT2D eigenvalue weighted by Gasteiger charge is 2.32. The van der Waals surface area contributed by atoms with Crippen LogP contribution in [0.25, 0.3) is 21.8 Å². The Labute approximate surface area is 111 Å². The maximum absolute atomic E-state index is 12.5. The van der Waals surface area contributed by atoms with E-state index in [1.807, 2.05) is 19.1 Å². The lowest BCUT2D eigenvalue weighted by Gasteiger charge is -2.28. The van der Waals surface area contributed by atoms with Gasteiger partial charge in [-0.2, -0.15) is 0 Å². The molecule has 0 spiro atoms. The minimum Gasteiger partial charge on any atom is -0.336 e. The summed E-state index contributed by atoms with van der Waals surface area (Å²) in [6, 6.07) is 14.7. The number of nitrogens with zero attached hydrogens (tertiary/aromatic N) is 1. The molecule has 0 fully saturated rings. The fourth-order valence-electron chi connectivity index (χ4n) is 3.36. The van der Waals surface area contributed by atoms with Gasteiger partial charge in [0.15, 0.2) is 5.78 Å². The molecule has 2 heterocycles. The molecule has 0 N–H and O–H groups in total. The molecule has 0 bridgehead atoms.